The van der Waals surface area contributed by atoms with Crippen molar-refractivity contribution in [2.75, 3.05) is 0 Å². The number of primary sulfonamides is 1. The lowest BCUT2D eigenvalue weighted by atomic mass is 9.91. The molecule has 0 aliphatic carbocycles. The summed E-state index contributed by atoms with van der Waals surface area (Å²) in [5.74, 6) is -0.937. The first-order valence-corrected chi connectivity index (χ1v) is 13.1. The fraction of sp³-hybridized carbons (Fsp3) is 0.0345. The SMILES string of the molecule is NS(=O)(=O)c1ccc(CN/C=C2\C(=O)NC(=O)c3ccc(-c4ccc(-c5ccccc5)cc4)cc32)cc1. The lowest BCUT2D eigenvalue weighted by Gasteiger charge is -2.19. The number of rotatable bonds is 6. The summed E-state index contributed by atoms with van der Waals surface area (Å²) in [4.78, 5) is 25.2. The lowest BCUT2D eigenvalue weighted by molar-refractivity contribution is -0.114. The highest BCUT2D eigenvalue weighted by molar-refractivity contribution is 7.89. The van der Waals surface area contributed by atoms with Crippen molar-refractivity contribution < 1.29 is 18.0 Å². The first-order chi connectivity index (χ1) is 17.8. The molecule has 5 rings (SSSR count). The molecular weight excluding hydrogens is 486 g/mol. The van der Waals surface area contributed by atoms with Gasteiger partial charge in [-0.3, -0.25) is 14.9 Å². The fourth-order valence-electron chi connectivity index (χ4n) is 4.20. The average Bonchev–Trinajstić information content (AvgIpc) is 2.90. The van der Waals surface area contributed by atoms with Crippen LogP contribution in [0.5, 0.6) is 0 Å². The summed E-state index contributed by atoms with van der Waals surface area (Å²) in [7, 11) is -3.76. The third-order valence-electron chi connectivity index (χ3n) is 6.16. The third-order valence-corrected chi connectivity index (χ3v) is 7.09. The van der Waals surface area contributed by atoms with Gasteiger partial charge in [-0.15, -0.1) is 0 Å². The molecule has 4 N–H and O–H groups in total. The van der Waals surface area contributed by atoms with Crippen LogP contribution >= 0.6 is 0 Å². The molecule has 1 aliphatic rings. The number of benzene rings is 4. The number of hydrogen-bond acceptors (Lipinski definition) is 5. The Kier molecular flexibility index (Phi) is 6.43. The summed E-state index contributed by atoms with van der Waals surface area (Å²) >= 11 is 0. The smallest absolute Gasteiger partial charge is 0.260 e. The molecule has 0 bridgehead atoms. The number of amides is 2. The molecule has 0 radical (unpaired) electrons. The van der Waals surface area contributed by atoms with Crippen molar-refractivity contribution in [1.29, 1.82) is 0 Å². The van der Waals surface area contributed by atoms with E-state index in [4.69, 9.17) is 5.14 Å². The minimum absolute atomic E-state index is 0.0260. The molecular formula is C29H23N3O4S. The van der Waals surface area contributed by atoms with Crippen molar-refractivity contribution in [2.45, 2.75) is 11.4 Å². The summed E-state index contributed by atoms with van der Waals surface area (Å²) in [6.07, 6.45) is 1.57. The first kappa shape index (κ1) is 24.2. The highest BCUT2D eigenvalue weighted by Gasteiger charge is 2.27. The number of carbonyl (C=O) groups excluding carboxylic acids is 2. The predicted molar refractivity (Wildman–Crippen MR) is 142 cm³/mol. The largest absolute Gasteiger partial charge is 0.386 e. The van der Waals surface area contributed by atoms with E-state index in [0.29, 0.717) is 23.2 Å². The maximum atomic E-state index is 12.7. The number of sulfonamides is 1. The zero-order chi connectivity index (χ0) is 26.0. The molecule has 2 amide bonds. The van der Waals surface area contributed by atoms with Gasteiger partial charge in [0.2, 0.25) is 10.0 Å². The second kappa shape index (κ2) is 9.85. The Labute approximate surface area is 214 Å². The maximum absolute atomic E-state index is 12.7. The molecule has 0 aromatic heterocycles. The molecule has 37 heavy (non-hydrogen) atoms. The summed E-state index contributed by atoms with van der Waals surface area (Å²) in [5, 5.41) is 10.6. The number of nitrogens with one attached hydrogen (secondary N) is 2. The van der Waals surface area contributed by atoms with Crippen LogP contribution in [0.2, 0.25) is 0 Å². The molecule has 8 heteroatoms. The Morgan fingerprint density at radius 2 is 1.30 bits per heavy atom. The molecule has 0 spiro atoms. The van der Waals surface area contributed by atoms with Gasteiger partial charge in [0.25, 0.3) is 11.8 Å². The molecule has 7 nitrogen and oxygen atoms in total. The molecule has 1 aliphatic heterocycles. The molecule has 0 saturated heterocycles. The van der Waals surface area contributed by atoms with Crippen LogP contribution in [0.25, 0.3) is 27.8 Å². The Balaban J connectivity index is 1.41. The Morgan fingerprint density at radius 3 is 1.95 bits per heavy atom. The van der Waals surface area contributed by atoms with E-state index < -0.39 is 21.8 Å². The average molecular weight is 510 g/mol. The van der Waals surface area contributed by atoms with Gasteiger partial charge < -0.3 is 5.32 Å². The summed E-state index contributed by atoms with van der Waals surface area (Å²) in [6, 6.07) is 29.8. The number of carbonyl (C=O) groups is 2. The minimum Gasteiger partial charge on any atom is -0.386 e. The molecule has 0 fully saturated rings. The van der Waals surface area contributed by atoms with Gasteiger partial charge in [0.1, 0.15) is 0 Å². The van der Waals surface area contributed by atoms with Crippen LogP contribution in [-0.2, 0) is 21.4 Å². The monoisotopic (exact) mass is 509 g/mol. The molecule has 184 valence electrons. The van der Waals surface area contributed by atoms with Gasteiger partial charge in [-0.25, -0.2) is 13.6 Å². The van der Waals surface area contributed by atoms with Crippen molar-refractivity contribution in [3.05, 3.63) is 120 Å². The van der Waals surface area contributed by atoms with Gasteiger partial charge in [-0.2, -0.15) is 0 Å². The Hall–Kier alpha value is -4.53. The summed E-state index contributed by atoms with van der Waals surface area (Å²) < 4.78 is 22.9. The molecule has 4 aromatic carbocycles. The minimum atomic E-state index is -3.76. The van der Waals surface area contributed by atoms with Crippen LogP contribution < -0.4 is 15.8 Å². The van der Waals surface area contributed by atoms with Crippen molar-refractivity contribution in [2.24, 2.45) is 5.14 Å². The van der Waals surface area contributed by atoms with E-state index in [9.17, 15) is 18.0 Å². The maximum Gasteiger partial charge on any atom is 0.260 e. The second-order valence-corrected chi connectivity index (χ2v) is 10.2. The lowest BCUT2D eigenvalue weighted by Crippen LogP contribution is -2.37. The van der Waals surface area contributed by atoms with E-state index in [1.54, 1.807) is 24.4 Å². The van der Waals surface area contributed by atoms with Crippen molar-refractivity contribution in [3.63, 3.8) is 0 Å². The quantitative estimate of drug-likeness (QED) is 0.268. The van der Waals surface area contributed by atoms with Gasteiger partial charge >= 0.3 is 0 Å². The molecule has 0 atom stereocenters. The number of imide groups is 1. The van der Waals surface area contributed by atoms with Crippen LogP contribution in [-0.4, -0.2) is 20.2 Å². The normalized spacial score (nSPS) is 14.2. The zero-order valence-corrected chi connectivity index (χ0v) is 20.5. The Morgan fingerprint density at radius 1 is 0.703 bits per heavy atom. The van der Waals surface area contributed by atoms with Gasteiger partial charge in [-0.1, -0.05) is 72.8 Å². The zero-order valence-electron chi connectivity index (χ0n) is 19.6. The predicted octanol–water partition coefficient (Wildman–Crippen LogP) is 4.07. The summed E-state index contributed by atoms with van der Waals surface area (Å²) in [6.45, 7) is 0.339. The van der Waals surface area contributed by atoms with Crippen LogP contribution in [0, 0.1) is 0 Å². The van der Waals surface area contributed by atoms with Gasteiger partial charge in [0, 0.05) is 23.9 Å². The van der Waals surface area contributed by atoms with Crippen LogP contribution in [0.3, 0.4) is 0 Å². The van der Waals surface area contributed by atoms with E-state index >= 15 is 0 Å². The molecule has 0 unspecified atom stereocenters. The molecule has 0 saturated carbocycles. The number of fused-ring (bicyclic) bond motifs is 1. The molecule has 4 aromatic rings. The number of nitrogens with two attached hydrogens (primary N) is 1. The van der Waals surface area contributed by atoms with Crippen molar-refractivity contribution in [3.8, 4) is 22.3 Å². The van der Waals surface area contributed by atoms with Crippen LogP contribution in [0.4, 0.5) is 0 Å². The van der Waals surface area contributed by atoms with Crippen LogP contribution in [0.1, 0.15) is 21.5 Å². The summed E-state index contributed by atoms with van der Waals surface area (Å²) in [5.41, 5.74) is 6.14. The second-order valence-electron chi connectivity index (χ2n) is 8.61. The highest BCUT2D eigenvalue weighted by Crippen LogP contribution is 2.31. The van der Waals surface area contributed by atoms with Crippen LogP contribution in [0.15, 0.2) is 108 Å². The fourth-order valence-corrected chi connectivity index (χ4v) is 4.72. The van der Waals surface area contributed by atoms with E-state index in [1.807, 2.05) is 54.6 Å². The highest BCUT2D eigenvalue weighted by atomic mass is 32.2. The topological polar surface area (TPSA) is 118 Å². The van der Waals surface area contributed by atoms with Gasteiger partial charge in [0.05, 0.1) is 10.5 Å². The van der Waals surface area contributed by atoms with E-state index in [2.05, 4.69) is 22.8 Å². The van der Waals surface area contributed by atoms with Gasteiger partial charge in [0.15, 0.2) is 0 Å². The van der Waals surface area contributed by atoms with Gasteiger partial charge in [-0.05, 0) is 52.1 Å². The first-order valence-electron chi connectivity index (χ1n) is 11.5. The van der Waals surface area contributed by atoms with Crippen molar-refractivity contribution >= 4 is 27.4 Å². The third kappa shape index (κ3) is 5.20. The Bertz CT molecular complexity index is 1630. The molecule has 1 heterocycles. The number of hydrogen-bond donors (Lipinski definition) is 3. The van der Waals surface area contributed by atoms with E-state index in [0.717, 1.165) is 27.8 Å². The standard InChI is InChI=1S/C29H23N3O4S/c30-37(35,36)24-13-6-19(7-14-24)17-31-18-27-26-16-23(12-15-25(26)28(33)32-29(27)34)22-10-8-21(9-11-22)20-4-2-1-3-5-20/h1-16,18,31H,17H2,(H2,30,35,36)(H,32,33,34)/b27-18-. The van der Waals surface area contributed by atoms with Crippen molar-refractivity contribution in [1.82, 2.24) is 10.6 Å². The van der Waals surface area contributed by atoms with E-state index in [-0.39, 0.29) is 4.90 Å². The van der Waals surface area contributed by atoms with E-state index in [1.165, 1.54) is 12.1 Å².